The van der Waals surface area contributed by atoms with Crippen LogP contribution in [-0.4, -0.2) is 33.2 Å². The smallest absolute Gasteiger partial charge is 0.259 e. The number of aryl methyl sites for hydroxylation is 2. The Morgan fingerprint density at radius 3 is 2.61 bits per heavy atom. The van der Waals surface area contributed by atoms with Crippen LogP contribution in [0.15, 0.2) is 60.8 Å². The third-order valence-electron chi connectivity index (χ3n) is 5.96. The zero-order valence-corrected chi connectivity index (χ0v) is 18.6. The Morgan fingerprint density at radius 2 is 1.85 bits per heavy atom. The second kappa shape index (κ2) is 10.3. The average molecular weight is 447 g/mol. The van der Waals surface area contributed by atoms with Gasteiger partial charge in [-0.3, -0.25) is 9.59 Å². The molecule has 2 aromatic carbocycles. The number of benzene rings is 2. The molecule has 4 rings (SSSR count). The van der Waals surface area contributed by atoms with Crippen LogP contribution >= 0.6 is 0 Å². The Morgan fingerprint density at radius 1 is 1.09 bits per heavy atom. The molecule has 3 aromatic rings. The fraction of sp³-hybridized carbons (Fsp3) is 0.308. The summed E-state index contributed by atoms with van der Waals surface area (Å²) in [6.07, 6.45) is 5.33. The summed E-state index contributed by atoms with van der Waals surface area (Å²) in [6.45, 7) is 2.40. The normalized spacial score (nSPS) is 15.8. The lowest BCUT2D eigenvalue weighted by Crippen LogP contribution is -2.39. The summed E-state index contributed by atoms with van der Waals surface area (Å²) < 4.78 is 13.9. The molecule has 0 aliphatic carbocycles. The third-order valence-corrected chi connectivity index (χ3v) is 5.96. The summed E-state index contributed by atoms with van der Waals surface area (Å²) in [5.74, 6) is -0.342. The number of nitrogens with one attached hydrogen (secondary N) is 1. The molecule has 0 bridgehead atoms. The summed E-state index contributed by atoms with van der Waals surface area (Å²) in [4.78, 5) is 36.6. The molecule has 33 heavy (non-hydrogen) atoms. The van der Waals surface area contributed by atoms with Crippen molar-refractivity contribution in [2.45, 2.75) is 45.1 Å². The maximum Gasteiger partial charge on any atom is 0.259 e. The Hall–Kier alpha value is -3.61. The first-order valence-corrected chi connectivity index (χ1v) is 11.3. The van der Waals surface area contributed by atoms with E-state index in [2.05, 4.69) is 15.3 Å². The molecule has 7 heteroatoms. The number of rotatable bonds is 6. The van der Waals surface area contributed by atoms with Crippen molar-refractivity contribution in [1.29, 1.82) is 0 Å². The number of halogens is 1. The van der Waals surface area contributed by atoms with Gasteiger partial charge in [-0.1, -0.05) is 42.5 Å². The lowest BCUT2D eigenvalue weighted by Gasteiger charge is -2.35. The summed E-state index contributed by atoms with van der Waals surface area (Å²) in [5, 5.41) is 2.57. The molecule has 1 aliphatic heterocycles. The van der Waals surface area contributed by atoms with Gasteiger partial charge in [0.15, 0.2) is 5.82 Å². The average Bonchev–Trinajstić information content (AvgIpc) is 2.84. The molecule has 2 amide bonds. The molecule has 1 N–H and O–H groups in total. The number of para-hydroxylation sites is 1. The van der Waals surface area contributed by atoms with Crippen LogP contribution in [0, 0.1) is 12.7 Å². The second-order valence-corrected chi connectivity index (χ2v) is 8.25. The molecule has 0 unspecified atom stereocenters. The monoisotopic (exact) mass is 446 g/mol. The zero-order valence-electron chi connectivity index (χ0n) is 18.6. The van der Waals surface area contributed by atoms with Crippen LogP contribution < -0.4 is 5.32 Å². The Kier molecular flexibility index (Phi) is 7.07. The first kappa shape index (κ1) is 22.6. The number of carbonyl (C=O) groups excluding carboxylic acids is 2. The summed E-state index contributed by atoms with van der Waals surface area (Å²) in [7, 11) is 0. The lowest BCUT2D eigenvalue weighted by molar-refractivity contribution is -0.135. The standard InChI is InChI=1S/C26H27FN4O2/c1-18-20(26(33)30-22-12-6-5-11-21(22)27)17-28-25(29-18)23-13-7-8-16-31(23)24(32)15-14-19-9-3-2-4-10-19/h2-6,9-12,17,23H,7-8,13-16H2,1H3,(H,30,33)/t23-/m1/s1. The van der Waals surface area contributed by atoms with Gasteiger partial charge in [-0.2, -0.15) is 0 Å². The Labute approximate surface area is 192 Å². The van der Waals surface area contributed by atoms with Gasteiger partial charge in [-0.05, 0) is 50.3 Å². The van der Waals surface area contributed by atoms with Gasteiger partial charge >= 0.3 is 0 Å². The van der Waals surface area contributed by atoms with Crippen LogP contribution in [0.1, 0.15) is 59.2 Å². The fourth-order valence-corrected chi connectivity index (χ4v) is 4.16. The zero-order chi connectivity index (χ0) is 23.2. The van der Waals surface area contributed by atoms with Crippen molar-refractivity contribution in [3.63, 3.8) is 0 Å². The molecule has 0 spiro atoms. The molecule has 0 radical (unpaired) electrons. The first-order valence-electron chi connectivity index (χ1n) is 11.3. The second-order valence-electron chi connectivity index (χ2n) is 8.25. The highest BCUT2D eigenvalue weighted by Crippen LogP contribution is 2.30. The molecule has 1 atom stereocenters. The van der Waals surface area contributed by atoms with E-state index >= 15 is 0 Å². The number of amides is 2. The molecule has 1 fully saturated rings. The van der Waals surface area contributed by atoms with Crippen molar-refractivity contribution in [2.75, 3.05) is 11.9 Å². The molecule has 170 valence electrons. The van der Waals surface area contributed by atoms with Gasteiger partial charge in [0.1, 0.15) is 5.82 Å². The molecule has 1 saturated heterocycles. The van der Waals surface area contributed by atoms with Crippen molar-refractivity contribution < 1.29 is 14.0 Å². The third kappa shape index (κ3) is 5.42. The minimum atomic E-state index is -0.507. The molecule has 1 aliphatic rings. The largest absolute Gasteiger partial charge is 0.332 e. The predicted octanol–water partition coefficient (Wildman–Crippen LogP) is 4.86. The van der Waals surface area contributed by atoms with E-state index < -0.39 is 11.7 Å². The van der Waals surface area contributed by atoms with Gasteiger partial charge in [-0.25, -0.2) is 14.4 Å². The summed E-state index contributed by atoms with van der Waals surface area (Å²) >= 11 is 0. The first-order chi connectivity index (χ1) is 16.0. The van der Waals surface area contributed by atoms with E-state index in [9.17, 15) is 14.0 Å². The molecule has 2 heterocycles. The summed E-state index contributed by atoms with van der Waals surface area (Å²) in [5.41, 5.74) is 2.01. The van der Waals surface area contributed by atoms with Gasteiger partial charge < -0.3 is 10.2 Å². The van der Waals surface area contributed by atoms with Crippen LogP contribution in [0.4, 0.5) is 10.1 Å². The highest BCUT2D eigenvalue weighted by molar-refractivity contribution is 6.04. The van der Waals surface area contributed by atoms with Crippen molar-refractivity contribution in [2.24, 2.45) is 0 Å². The number of hydrogen-bond donors (Lipinski definition) is 1. The van der Waals surface area contributed by atoms with Gasteiger partial charge in [0.25, 0.3) is 5.91 Å². The highest BCUT2D eigenvalue weighted by Gasteiger charge is 2.30. The number of likely N-dealkylation sites (tertiary alicyclic amines) is 1. The Balaban J connectivity index is 1.47. The molecule has 0 saturated carbocycles. The number of aromatic nitrogens is 2. The Bertz CT molecular complexity index is 1140. The molecular weight excluding hydrogens is 419 g/mol. The van der Waals surface area contributed by atoms with Gasteiger partial charge in [-0.15, -0.1) is 0 Å². The van der Waals surface area contributed by atoms with Crippen LogP contribution in [-0.2, 0) is 11.2 Å². The van der Waals surface area contributed by atoms with Crippen molar-refractivity contribution in [3.05, 3.63) is 89.3 Å². The highest BCUT2D eigenvalue weighted by atomic mass is 19.1. The van der Waals surface area contributed by atoms with Gasteiger partial charge in [0.2, 0.25) is 5.91 Å². The topological polar surface area (TPSA) is 75.2 Å². The van der Waals surface area contributed by atoms with Gasteiger partial charge in [0, 0.05) is 19.2 Å². The van der Waals surface area contributed by atoms with E-state index in [0.29, 0.717) is 30.9 Å². The number of piperidine rings is 1. The molecular formula is C26H27FN4O2. The number of hydrogen-bond acceptors (Lipinski definition) is 4. The van der Waals surface area contributed by atoms with E-state index in [-0.39, 0.29) is 23.2 Å². The van der Waals surface area contributed by atoms with E-state index in [4.69, 9.17) is 0 Å². The van der Waals surface area contributed by atoms with E-state index in [1.54, 1.807) is 19.1 Å². The lowest BCUT2D eigenvalue weighted by atomic mass is 9.99. The van der Waals surface area contributed by atoms with Crippen molar-refractivity contribution >= 4 is 17.5 Å². The quantitative estimate of drug-likeness (QED) is 0.587. The number of carbonyl (C=O) groups is 2. The van der Waals surface area contributed by atoms with Crippen molar-refractivity contribution in [3.8, 4) is 0 Å². The van der Waals surface area contributed by atoms with Crippen LogP contribution in [0.2, 0.25) is 0 Å². The number of anilines is 1. The molecule has 1 aromatic heterocycles. The van der Waals surface area contributed by atoms with Crippen LogP contribution in [0.5, 0.6) is 0 Å². The van der Waals surface area contributed by atoms with Crippen molar-refractivity contribution in [1.82, 2.24) is 14.9 Å². The molecule has 6 nitrogen and oxygen atoms in total. The maximum atomic E-state index is 13.9. The van der Waals surface area contributed by atoms with E-state index in [1.165, 1.54) is 18.3 Å². The minimum absolute atomic E-state index is 0.0891. The van der Waals surface area contributed by atoms with Crippen LogP contribution in [0.3, 0.4) is 0 Å². The number of nitrogens with zero attached hydrogens (tertiary/aromatic N) is 3. The van der Waals surface area contributed by atoms with E-state index in [1.807, 2.05) is 35.2 Å². The summed E-state index contributed by atoms with van der Waals surface area (Å²) in [6, 6.07) is 15.8. The SMILES string of the molecule is Cc1nc([C@H]2CCCCN2C(=O)CCc2ccccc2)ncc1C(=O)Nc1ccccc1F. The maximum absolute atomic E-state index is 13.9. The predicted molar refractivity (Wildman–Crippen MR) is 124 cm³/mol. The van der Waals surface area contributed by atoms with E-state index in [0.717, 1.165) is 24.8 Å². The van der Waals surface area contributed by atoms with Crippen LogP contribution in [0.25, 0.3) is 0 Å². The fourth-order valence-electron chi connectivity index (χ4n) is 4.16. The minimum Gasteiger partial charge on any atom is -0.332 e. The van der Waals surface area contributed by atoms with Gasteiger partial charge in [0.05, 0.1) is 23.0 Å².